The Morgan fingerprint density at radius 2 is 2.25 bits per heavy atom. The molecule has 16 heavy (non-hydrogen) atoms. The third-order valence-electron chi connectivity index (χ3n) is 3.42. The van der Waals surface area contributed by atoms with Gasteiger partial charge in [0, 0.05) is 19.1 Å². The van der Waals surface area contributed by atoms with Gasteiger partial charge in [-0.05, 0) is 26.8 Å². The van der Waals surface area contributed by atoms with Crippen LogP contribution in [0.3, 0.4) is 0 Å². The predicted molar refractivity (Wildman–Crippen MR) is 62.7 cm³/mol. The summed E-state index contributed by atoms with van der Waals surface area (Å²) in [5.41, 5.74) is 0. The molecule has 1 fully saturated rings. The molecule has 0 aliphatic carbocycles. The van der Waals surface area contributed by atoms with Crippen LogP contribution in [0, 0.1) is 11.3 Å². The molecule has 1 saturated heterocycles. The molecule has 0 aromatic carbocycles. The van der Waals surface area contributed by atoms with Crippen LogP contribution in [-0.2, 0) is 4.79 Å². The van der Waals surface area contributed by atoms with Crippen molar-refractivity contribution >= 4 is 5.91 Å². The highest BCUT2D eigenvalue weighted by molar-refractivity contribution is 5.82. The summed E-state index contributed by atoms with van der Waals surface area (Å²) in [7, 11) is 1.93. The number of amides is 1. The SMILES string of the molecule is CCC(C)N1CCCN(C)C(CC#N)C1=O. The van der Waals surface area contributed by atoms with E-state index in [0.29, 0.717) is 6.42 Å². The van der Waals surface area contributed by atoms with Gasteiger partial charge >= 0.3 is 0 Å². The summed E-state index contributed by atoms with van der Waals surface area (Å²) in [6.07, 6.45) is 2.26. The van der Waals surface area contributed by atoms with Crippen molar-refractivity contribution in [3.8, 4) is 6.07 Å². The van der Waals surface area contributed by atoms with Crippen molar-refractivity contribution in [2.45, 2.75) is 45.2 Å². The number of carbonyl (C=O) groups is 1. The lowest BCUT2D eigenvalue weighted by Gasteiger charge is -2.30. The van der Waals surface area contributed by atoms with Gasteiger partial charge in [-0.1, -0.05) is 6.92 Å². The van der Waals surface area contributed by atoms with Crippen molar-refractivity contribution in [2.75, 3.05) is 20.1 Å². The molecule has 1 rings (SSSR count). The Labute approximate surface area is 97.8 Å². The van der Waals surface area contributed by atoms with Gasteiger partial charge in [0.25, 0.3) is 0 Å². The fourth-order valence-electron chi connectivity index (χ4n) is 2.12. The van der Waals surface area contributed by atoms with Gasteiger partial charge in [-0.25, -0.2) is 0 Å². The van der Waals surface area contributed by atoms with Crippen molar-refractivity contribution in [1.82, 2.24) is 9.80 Å². The van der Waals surface area contributed by atoms with E-state index < -0.39 is 0 Å². The number of nitrogens with zero attached hydrogens (tertiary/aromatic N) is 3. The summed E-state index contributed by atoms with van der Waals surface area (Å²) >= 11 is 0. The Balaban J connectivity index is 2.82. The molecule has 1 aliphatic heterocycles. The molecule has 4 nitrogen and oxygen atoms in total. The van der Waals surface area contributed by atoms with Crippen molar-refractivity contribution in [2.24, 2.45) is 0 Å². The summed E-state index contributed by atoms with van der Waals surface area (Å²) in [5, 5.41) is 8.78. The molecular formula is C12H21N3O. The highest BCUT2D eigenvalue weighted by Gasteiger charge is 2.32. The van der Waals surface area contributed by atoms with E-state index in [0.717, 1.165) is 25.9 Å². The lowest BCUT2D eigenvalue weighted by molar-refractivity contribution is -0.136. The van der Waals surface area contributed by atoms with E-state index in [1.807, 2.05) is 16.8 Å². The van der Waals surface area contributed by atoms with Gasteiger partial charge in [-0.3, -0.25) is 9.69 Å². The summed E-state index contributed by atoms with van der Waals surface area (Å²) < 4.78 is 0. The Kier molecular flexibility index (Phi) is 4.75. The lowest BCUT2D eigenvalue weighted by atomic mass is 10.1. The van der Waals surface area contributed by atoms with Crippen LogP contribution in [-0.4, -0.2) is 47.9 Å². The minimum absolute atomic E-state index is 0.121. The second kappa shape index (κ2) is 5.86. The summed E-state index contributed by atoms with van der Waals surface area (Å²) in [4.78, 5) is 16.2. The quantitative estimate of drug-likeness (QED) is 0.723. The monoisotopic (exact) mass is 223 g/mol. The maximum absolute atomic E-state index is 12.3. The Morgan fingerprint density at radius 1 is 1.56 bits per heavy atom. The normalized spacial score (nSPS) is 25.0. The van der Waals surface area contributed by atoms with Gasteiger partial charge in [0.2, 0.25) is 5.91 Å². The van der Waals surface area contributed by atoms with Crippen LogP contribution in [0.5, 0.6) is 0 Å². The number of carbonyl (C=O) groups excluding carboxylic acids is 1. The first kappa shape index (κ1) is 13.0. The van der Waals surface area contributed by atoms with Crippen molar-refractivity contribution in [3.63, 3.8) is 0 Å². The fourth-order valence-corrected chi connectivity index (χ4v) is 2.12. The minimum Gasteiger partial charge on any atom is -0.339 e. The van der Waals surface area contributed by atoms with Crippen molar-refractivity contribution in [3.05, 3.63) is 0 Å². The Hall–Kier alpha value is -1.08. The molecule has 0 N–H and O–H groups in total. The first-order valence-electron chi connectivity index (χ1n) is 5.99. The van der Waals surface area contributed by atoms with E-state index in [-0.39, 0.29) is 18.0 Å². The van der Waals surface area contributed by atoms with E-state index in [1.165, 1.54) is 0 Å². The van der Waals surface area contributed by atoms with Crippen molar-refractivity contribution < 1.29 is 4.79 Å². The van der Waals surface area contributed by atoms with Crippen LogP contribution in [0.15, 0.2) is 0 Å². The smallest absolute Gasteiger partial charge is 0.241 e. The van der Waals surface area contributed by atoms with Gasteiger partial charge in [0.05, 0.1) is 12.5 Å². The molecule has 0 saturated carbocycles. The number of hydrogen-bond donors (Lipinski definition) is 0. The van der Waals surface area contributed by atoms with Crippen LogP contribution < -0.4 is 0 Å². The fraction of sp³-hybridized carbons (Fsp3) is 0.833. The van der Waals surface area contributed by atoms with Gasteiger partial charge < -0.3 is 4.90 Å². The number of nitriles is 1. The lowest BCUT2D eigenvalue weighted by Crippen LogP contribution is -2.47. The molecule has 0 bridgehead atoms. The van der Waals surface area contributed by atoms with E-state index in [4.69, 9.17) is 5.26 Å². The zero-order valence-corrected chi connectivity index (χ0v) is 10.4. The van der Waals surface area contributed by atoms with Gasteiger partial charge in [-0.15, -0.1) is 0 Å². The van der Waals surface area contributed by atoms with E-state index >= 15 is 0 Å². The third kappa shape index (κ3) is 2.73. The Morgan fingerprint density at radius 3 is 2.81 bits per heavy atom. The summed E-state index contributed by atoms with van der Waals surface area (Å²) in [6, 6.07) is 2.14. The number of likely N-dealkylation sites (N-methyl/N-ethyl adjacent to an activating group) is 1. The van der Waals surface area contributed by atoms with E-state index in [2.05, 4.69) is 19.9 Å². The standard InChI is InChI=1S/C12H21N3O/c1-4-10(2)15-9-5-8-14(3)11(6-7-13)12(15)16/h10-11H,4-6,8-9H2,1-3H3. The average molecular weight is 223 g/mol. The van der Waals surface area contributed by atoms with Crippen molar-refractivity contribution in [1.29, 1.82) is 5.26 Å². The first-order chi connectivity index (χ1) is 7.61. The van der Waals surface area contributed by atoms with Crippen LogP contribution in [0.2, 0.25) is 0 Å². The topological polar surface area (TPSA) is 47.3 Å². The molecule has 1 heterocycles. The molecule has 90 valence electrons. The van der Waals surface area contributed by atoms with Crippen LogP contribution in [0.4, 0.5) is 0 Å². The molecule has 1 amide bonds. The second-order valence-corrected chi connectivity index (χ2v) is 4.50. The molecular weight excluding hydrogens is 202 g/mol. The summed E-state index contributed by atoms with van der Waals surface area (Å²) in [5.74, 6) is 0.121. The zero-order chi connectivity index (χ0) is 12.1. The molecule has 0 spiro atoms. The van der Waals surface area contributed by atoms with Crippen LogP contribution >= 0.6 is 0 Å². The maximum atomic E-state index is 12.3. The molecule has 2 atom stereocenters. The minimum atomic E-state index is -0.249. The third-order valence-corrected chi connectivity index (χ3v) is 3.42. The Bertz CT molecular complexity index is 284. The largest absolute Gasteiger partial charge is 0.339 e. The molecule has 0 aromatic rings. The van der Waals surface area contributed by atoms with Gasteiger partial charge in [0.1, 0.15) is 6.04 Å². The summed E-state index contributed by atoms with van der Waals surface area (Å²) in [6.45, 7) is 5.88. The zero-order valence-electron chi connectivity index (χ0n) is 10.4. The molecule has 2 unspecified atom stereocenters. The molecule has 0 aromatic heterocycles. The van der Waals surface area contributed by atoms with Crippen LogP contribution in [0.1, 0.15) is 33.1 Å². The molecule has 0 radical (unpaired) electrons. The highest BCUT2D eigenvalue weighted by atomic mass is 16.2. The van der Waals surface area contributed by atoms with E-state index in [1.54, 1.807) is 0 Å². The highest BCUT2D eigenvalue weighted by Crippen LogP contribution is 2.16. The number of rotatable bonds is 3. The van der Waals surface area contributed by atoms with Crippen LogP contribution in [0.25, 0.3) is 0 Å². The predicted octanol–water partition coefficient (Wildman–Crippen LogP) is 1.23. The van der Waals surface area contributed by atoms with E-state index in [9.17, 15) is 4.79 Å². The first-order valence-corrected chi connectivity index (χ1v) is 5.99. The molecule has 4 heteroatoms. The van der Waals surface area contributed by atoms with Gasteiger partial charge in [-0.2, -0.15) is 5.26 Å². The second-order valence-electron chi connectivity index (χ2n) is 4.50. The molecule has 1 aliphatic rings. The average Bonchev–Trinajstić information content (AvgIpc) is 2.41. The maximum Gasteiger partial charge on any atom is 0.241 e. The van der Waals surface area contributed by atoms with Gasteiger partial charge in [0.15, 0.2) is 0 Å². The number of hydrogen-bond acceptors (Lipinski definition) is 3.